The molecule has 0 amide bonds. The highest BCUT2D eigenvalue weighted by Gasteiger charge is 2.29. The Morgan fingerprint density at radius 2 is 1.95 bits per heavy atom. The molecule has 5 heteroatoms. The highest BCUT2D eigenvalue weighted by atomic mass is 16.5. The summed E-state index contributed by atoms with van der Waals surface area (Å²) in [5.41, 5.74) is 0. The lowest BCUT2D eigenvalue weighted by molar-refractivity contribution is -0.00547. The van der Waals surface area contributed by atoms with Gasteiger partial charge in [0, 0.05) is 31.6 Å². The van der Waals surface area contributed by atoms with E-state index >= 15 is 0 Å². The predicted octanol–water partition coefficient (Wildman–Crippen LogP) is 2.79. The first kappa shape index (κ1) is 14.6. The second kappa shape index (κ2) is 6.18. The molecular weight excluding hydrogens is 264 g/mol. The summed E-state index contributed by atoms with van der Waals surface area (Å²) in [6.45, 7) is 9.18. The van der Waals surface area contributed by atoms with Gasteiger partial charge in [-0.05, 0) is 33.1 Å². The highest BCUT2D eigenvalue weighted by Crippen LogP contribution is 2.39. The summed E-state index contributed by atoms with van der Waals surface area (Å²) in [4.78, 5) is 11.8. The van der Waals surface area contributed by atoms with Gasteiger partial charge in [-0.25, -0.2) is 9.97 Å². The van der Waals surface area contributed by atoms with Crippen molar-refractivity contribution in [2.45, 2.75) is 58.2 Å². The summed E-state index contributed by atoms with van der Waals surface area (Å²) in [6, 6.07) is 2.09. The number of aromatic nitrogens is 2. The Morgan fingerprint density at radius 3 is 2.57 bits per heavy atom. The van der Waals surface area contributed by atoms with Crippen molar-refractivity contribution in [3.05, 3.63) is 11.9 Å². The van der Waals surface area contributed by atoms with Crippen LogP contribution in [0.5, 0.6) is 0 Å². The smallest absolute Gasteiger partial charge is 0.136 e. The molecule has 2 atom stereocenters. The van der Waals surface area contributed by atoms with Crippen LogP contribution in [-0.2, 0) is 4.74 Å². The minimum absolute atomic E-state index is 0.250. The fraction of sp³-hybridized carbons (Fsp3) is 0.750. The van der Waals surface area contributed by atoms with Crippen molar-refractivity contribution in [3.63, 3.8) is 0 Å². The highest BCUT2D eigenvalue weighted by molar-refractivity contribution is 5.50. The second-order valence-corrected chi connectivity index (χ2v) is 6.33. The van der Waals surface area contributed by atoms with Crippen LogP contribution in [0, 0.1) is 0 Å². The molecule has 0 radical (unpaired) electrons. The number of nitrogens with zero attached hydrogens (tertiary/aromatic N) is 3. The Balaban J connectivity index is 1.83. The average Bonchev–Trinajstić information content (AvgIpc) is 3.28. The fourth-order valence-corrected chi connectivity index (χ4v) is 2.85. The minimum atomic E-state index is 0.250. The SMILES string of the molecule is CCCNc1cc(N2C[C@@H](C)O[C@@H](C)C2)nc(C2CC2)n1. The van der Waals surface area contributed by atoms with E-state index < -0.39 is 0 Å². The van der Waals surface area contributed by atoms with E-state index in [4.69, 9.17) is 9.72 Å². The maximum Gasteiger partial charge on any atom is 0.136 e. The third kappa shape index (κ3) is 3.64. The van der Waals surface area contributed by atoms with Gasteiger partial charge in [0.25, 0.3) is 0 Å². The molecule has 5 nitrogen and oxygen atoms in total. The van der Waals surface area contributed by atoms with Gasteiger partial charge in [0.05, 0.1) is 12.2 Å². The molecule has 1 aromatic heterocycles. The zero-order chi connectivity index (χ0) is 14.8. The second-order valence-electron chi connectivity index (χ2n) is 6.33. The van der Waals surface area contributed by atoms with Crippen LogP contribution in [0.15, 0.2) is 6.07 Å². The van der Waals surface area contributed by atoms with Crippen LogP contribution in [0.3, 0.4) is 0 Å². The Labute approximate surface area is 127 Å². The first-order valence-corrected chi connectivity index (χ1v) is 8.19. The van der Waals surface area contributed by atoms with E-state index in [2.05, 4.69) is 42.0 Å². The van der Waals surface area contributed by atoms with Gasteiger partial charge in [0.2, 0.25) is 0 Å². The molecule has 116 valence electrons. The van der Waals surface area contributed by atoms with E-state index in [0.717, 1.165) is 43.5 Å². The lowest BCUT2D eigenvalue weighted by atomic mass is 10.2. The molecule has 1 aromatic rings. The Bertz CT molecular complexity index is 479. The van der Waals surface area contributed by atoms with Crippen LogP contribution in [-0.4, -0.2) is 41.8 Å². The average molecular weight is 290 g/mol. The van der Waals surface area contributed by atoms with Crippen molar-refractivity contribution in [1.82, 2.24) is 9.97 Å². The molecule has 1 N–H and O–H groups in total. The largest absolute Gasteiger partial charge is 0.372 e. The predicted molar refractivity (Wildman–Crippen MR) is 85.0 cm³/mol. The molecule has 3 rings (SSSR count). The fourth-order valence-electron chi connectivity index (χ4n) is 2.85. The topological polar surface area (TPSA) is 50.3 Å². The standard InChI is InChI=1S/C16H26N4O/c1-4-7-17-14-8-15(19-16(18-14)13-5-6-13)20-9-11(2)21-12(3)10-20/h8,11-13H,4-7,9-10H2,1-3H3,(H,17,18,19)/t11-,12+. The number of hydrogen-bond donors (Lipinski definition) is 1. The molecule has 1 saturated carbocycles. The van der Waals surface area contributed by atoms with E-state index in [-0.39, 0.29) is 12.2 Å². The van der Waals surface area contributed by atoms with Crippen LogP contribution in [0.1, 0.15) is 51.8 Å². The molecule has 1 aliphatic carbocycles. The maximum absolute atomic E-state index is 5.82. The van der Waals surface area contributed by atoms with E-state index in [1.807, 2.05) is 0 Å². The van der Waals surface area contributed by atoms with Crippen LogP contribution in [0.25, 0.3) is 0 Å². The van der Waals surface area contributed by atoms with Gasteiger partial charge in [0.1, 0.15) is 17.5 Å². The molecule has 0 bridgehead atoms. The summed E-state index contributed by atoms with van der Waals surface area (Å²) < 4.78 is 5.82. The normalized spacial score (nSPS) is 26.0. The molecule has 2 heterocycles. The minimum Gasteiger partial charge on any atom is -0.372 e. The van der Waals surface area contributed by atoms with Gasteiger partial charge in [-0.3, -0.25) is 0 Å². The third-order valence-electron chi connectivity index (χ3n) is 3.97. The van der Waals surface area contributed by atoms with Crippen LogP contribution in [0.4, 0.5) is 11.6 Å². The summed E-state index contributed by atoms with van der Waals surface area (Å²) >= 11 is 0. The van der Waals surface area contributed by atoms with Crippen LogP contribution < -0.4 is 10.2 Å². The van der Waals surface area contributed by atoms with E-state index in [9.17, 15) is 0 Å². The van der Waals surface area contributed by atoms with Gasteiger partial charge in [-0.1, -0.05) is 6.92 Å². The Hall–Kier alpha value is -1.36. The monoisotopic (exact) mass is 290 g/mol. The van der Waals surface area contributed by atoms with Gasteiger partial charge >= 0.3 is 0 Å². The molecule has 2 fully saturated rings. The number of rotatable bonds is 5. The molecule has 2 aliphatic rings. The molecule has 0 unspecified atom stereocenters. The summed E-state index contributed by atoms with van der Waals surface area (Å²) in [5.74, 6) is 3.60. The maximum atomic E-state index is 5.82. The first-order valence-electron chi connectivity index (χ1n) is 8.19. The lowest BCUT2D eigenvalue weighted by Crippen LogP contribution is -2.46. The van der Waals surface area contributed by atoms with Gasteiger partial charge in [-0.15, -0.1) is 0 Å². The number of nitrogens with one attached hydrogen (secondary N) is 1. The third-order valence-corrected chi connectivity index (χ3v) is 3.97. The lowest BCUT2D eigenvalue weighted by Gasteiger charge is -2.36. The summed E-state index contributed by atoms with van der Waals surface area (Å²) in [6.07, 6.45) is 4.06. The number of anilines is 2. The molecule has 0 aromatic carbocycles. The zero-order valence-electron chi connectivity index (χ0n) is 13.3. The Morgan fingerprint density at radius 1 is 1.24 bits per heavy atom. The summed E-state index contributed by atoms with van der Waals surface area (Å²) in [7, 11) is 0. The number of hydrogen-bond acceptors (Lipinski definition) is 5. The zero-order valence-corrected chi connectivity index (χ0v) is 13.3. The molecule has 0 spiro atoms. The van der Waals surface area contributed by atoms with Gasteiger partial charge in [0.15, 0.2) is 0 Å². The number of morpholine rings is 1. The van der Waals surface area contributed by atoms with Crippen LogP contribution >= 0.6 is 0 Å². The molecule has 1 aliphatic heterocycles. The summed E-state index contributed by atoms with van der Waals surface area (Å²) in [5, 5.41) is 3.41. The molecule has 1 saturated heterocycles. The van der Waals surface area contributed by atoms with Crippen molar-refractivity contribution < 1.29 is 4.74 Å². The van der Waals surface area contributed by atoms with Gasteiger partial charge in [-0.2, -0.15) is 0 Å². The van der Waals surface area contributed by atoms with Gasteiger partial charge < -0.3 is 15.0 Å². The van der Waals surface area contributed by atoms with Crippen molar-refractivity contribution >= 4 is 11.6 Å². The van der Waals surface area contributed by atoms with Crippen molar-refractivity contribution in [3.8, 4) is 0 Å². The first-order chi connectivity index (χ1) is 10.2. The van der Waals surface area contributed by atoms with E-state index in [1.165, 1.54) is 12.8 Å². The van der Waals surface area contributed by atoms with Crippen LogP contribution in [0.2, 0.25) is 0 Å². The number of ether oxygens (including phenoxy) is 1. The molecular formula is C16H26N4O. The van der Waals surface area contributed by atoms with Crippen molar-refractivity contribution in [2.24, 2.45) is 0 Å². The molecule has 21 heavy (non-hydrogen) atoms. The van der Waals surface area contributed by atoms with E-state index in [0.29, 0.717) is 5.92 Å². The quantitative estimate of drug-likeness (QED) is 0.903. The van der Waals surface area contributed by atoms with Crippen molar-refractivity contribution in [2.75, 3.05) is 29.9 Å². The Kier molecular flexibility index (Phi) is 4.29. The van der Waals surface area contributed by atoms with Crippen molar-refractivity contribution in [1.29, 1.82) is 0 Å². The van der Waals surface area contributed by atoms with E-state index in [1.54, 1.807) is 0 Å².